The number of hydrogen-bond acceptors (Lipinski definition) is 6. The van der Waals surface area contributed by atoms with Crippen LogP contribution in [0.1, 0.15) is 59.7 Å². The van der Waals surface area contributed by atoms with Crippen LogP contribution >= 0.6 is 11.6 Å². The van der Waals surface area contributed by atoms with Crippen molar-refractivity contribution in [2.24, 2.45) is 11.8 Å². The molecule has 2 N–H and O–H groups in total. The summed E-state index contributed by atoms with van der Waals surface area (Å²) in [5.74, 6) is -5.70. The second-order valence-corrected chi connectivity index (χ2v) is 17.0. The van der Waals surface area contributed by atoms with Gasteiger partial charge in [-0.3, -0.25) is 18.9 Å². The highest BCUT2D eigenvalue weighted by molar-refractivity contribution is 7.92. The predicted octanol–water partition coefficient (Wildman–Crippen LogP) is 8.66. The Balaban J connectivity index is 1.42. The lowest BCUT2D eigenvalue weighted by atomic mass is 9.93. The number of sulfonamides is 1. The normalized spacial score (nSPS) is 18.6. The van der Waals surface area contributed by atoms with Gasteiger partial charge in [-0.05, 0) is 66.7 Å². The monoisotopic (exact) mass is 901 g/mol. The standard InChI is InChI=1S/C39H30ClF10N7O3S/c1-17(2)5-6-22-7-8-23(24-9-10-25(40)29-33(24)57(16-37(43,44)45)54-36(29)55-61(4,59)60)32(51-22)26(13-19-11-20(41)14-21(42)12-19)52-27(58)15-56-35-30(34(53-56)39(48,49)50)28-18(3)31(28)38(35,46)47/h7-12,14,18,26,28,31H,1,13,15-16H2,2-4H3,(H,52,58)(H,54,55)/t18-,26+,28-,31-/m1/s1. The third-order valence-electron chi connectivity index (χ3n) is 10.1. The van der Waals surface area contributed by atoms with E-state index in [0.29, 0.717) is 16.3 Å². The van der Waals surface area contributed by atoms with Crippen molar-refractivity contribution in [1.29, 1.82) is 0 Å². The number of fused-ring (bicyclic) bond motifs is 4. The topological polar surface area (TPSA) is 124 Å². The Hall–Kier alpha value is -5.62. The van der Waals surface area contributed by atoms with Crippen molar-refractivity contribution in [3.63, 3.8) is 0 Å². The smallest absolute Gasteiger partial charge is 0.346 e. The van der Waals surface area contributed by atoms with Crippen LogP contribution in [0.25, 0.3) is 22.0 Å². The van der Waals surface area contributed by atoms with E-state index >= 15 is 8.78 Å². The molecule has 3 heterocycles. The number of aromatic nitrogens is 5. The molecular formula is C39H30ClF10N7O3S. The van der Waals surface area contributed by atoms with Crippen LogP contribution in [0.5, 0.6) is 0 Å². The van der Waals surface area contributed by atoms with E-state index in [2.05, 4.69) is 38.9 Å². The van der Waals surface area contributed by atoms with Crippen LogP contribution in [0.3, 0.4) is 0 Å². The largest absolute Gasteiger partial charge is 0.435 e. The minimum absolute atomic E-state index is 0.0347. The van der Waals surface area contributed by atoms with Gasteiger partial charge in [0.15, 0.2) is 11.5 Å². The van der Waals surface area contributed by atoms with Crippen molar-refractivity contribution >= 4 is 44.3 Å². The van der Waals surface area contributed by atoms with Crippen LogP contribution in [0.15, 0.2) is 54.6 Å². The summed E-state index contributed by atoms with van der Waals surface area (Å²) >= 11 is 6.45. The molecule has 3 aromatic heterocycles. The van der Waals surface area contributed by atoms with Gasteiger partial charge in [-0.25, -0.2) is 22.2 Å². The maximum Gasteiger partial charge on any atom is 0.435 e. The fourth-order valence-corrected chi connectivity index (χ4v) is 8.62. The number of halogens is 11. The minimum Gasteiger partial charge on any atom is -0.346 e. The van der Waals surface area contributed by atoms with Crippen molar-refractivity contribution in [3.8, 4) is 23.0 Å². The van der Waals surface area contributed by atoms with Crippen molar-refractivity contribution < 1.29 is 57.1 Å². The van der Waals surface area contributed by atoms with Gasteiger partial charge in [0.2, 0.25) is 15.9 Å². The summed E-state index contributed by atoms with van der Waals surface area (Å²) in [5.41, 5.74) is -4.04. The Morgan fingerprint density at radius 3 is 2.28 bits per heavy atom. The number of carbonyl (C=O) groups is 1. The van der Waals surface area contributed by atoms with Gasteiger partial charge < -0.3 is 5.32 Å². The lowest BCUT2D eigenvalue weighted by molar-refractivity contribution is -0.143. The first kappa shape index (κ1) is 43.5. The molecule has 0 bridgehead atoms. The Morgan fingerprint density at radius 2 is 1.67 bits per heavy atom. The van der Waals surface area contributed by atoms with Crippen LogP contribution in [0, 0.1) is 35.3 Å². The number of allylic oxidation sites excluding steroid dienone is 1. The van der Waals surface area contributed by atoms with Crippen LogP contribution in [0.4, 0.5) is 49.7 Å². The van der Waals surface area contributed by atoms with E-state index < -0.39 is 112 Å². The van der Waals surface area contributed by atoms with Crippen molar-refractivity contribution in [2.45, 2.75) is 63.6 Å². The fraction of sp³-hybridized carbons (Fsp3) is 0.333. The van der Waals surface area contributed by atoms with E-state index in [0.717, 1.165) is 18.4 Å². The van der Waals surface area contributed by atoms with Gasteiger partial charge in [0.1, 0.15) is 36.1 Å². The molecule has 2 aliphatic carbocycles. The van der Waals surface area contributed by atoms with Crippen LogP contribution in [0.2, 0.25) is 5.02 Å². The van der Waals surface area contributed by atoms with E-state index in [1.165, 1.54) is 31.2 Å². The molecule has 0 aliphatic heterocycles. The number of nitrogens with zero attached hydrogens (tertiary/aromatic N) is 5. The molecule has 7 rings (SSSR count). The first-order chi connectivity index (χ1) is 28.2. The number of nitrogens with one attached hydrogen (secondary N) is 2. The number of rotatable bonds is 10. The molecule has 22 heteroatoms. The molecule has 4 atom stereocenters. The maximum atomic E-state index is 15.6. The third-order valence-corrected chi connectivity index (χ3v) is 11.0. The lowest BCUT2D eigenvalue weighted by Crippen LogP contribution is -2.35. The molecule has 1 amide bonds. The molecule has 0 saturated heterocycles. The molecule has 61 heavy (non-hydrogen) atoms. The second-order valence-electron chi connectivity index (χ2n) is 14.9. The zero-order valence-electron chi connectivity index (χ0n) is 31.7. The molecule has 10 nitrogen and oxygen atoms in total. The molecule has 2 aliphatic rings. The molecule has 5 aromatic rings. The molecule has 322 valence electrons. The summed E-state index contributed by atoms with van der Waals surface area (Å²) in [6.07, 6.45) is -9.93. The van der Waals surface area contributed by atoms with E-state index in [1.807, 2.05) is 4.72 Å². The average molecular weight is 902 g/mol. The van der Waals surface area contributed by atoms with Gasteiger partial charge in [0.25, 0.3) is 5.92 Å². The van der Waals surface area contributed by atoms with Crippen LogP contribution < -0.4 is 10.0 Å². The summed E-state index contributed by atoms with van der Waals surface area (Å²) < 4.78 is 172. The summed E-state index contributed by atoms with van der Waals surface area (Å²) in [4.78, 5) is 18.5. The van der Waals surface area contributed by atoms with Gasteiger partial charge in [-0.15, -0.1) is 0 Å². The number of anilines is 1. The second kappa shape index (κ2) is 15.1. The molecule has 0 radical (unpaired) electrons. The number of amides is 1. The maximum absolute atomic E-state index is 15.6. The van der Waals surface area contributed by atoms with Crippen molar-refractivity contribution in [3.05, 3.63) is 105 Å². The Labute approximate surface area is 345 Å². The van der Waals surface area contributed by atoms with E-state index in [-0.39, 0.29) is 48.7 Å². The number of carbonyl (C=O) groups excluding carboxylic acids is 1. The van der Waals surface area contributed by atoms with Crippen LogP contribution in [-0.2, 0) is 46.4 Å². The molecule has 1 saturated carbocycles. The Kier molecular flexibility index (Phi) is 10.7. The Morgan fingerprint density at radius 1 is 1.02 bits per heavy atom. The zero-order chi connectivity index (χ0) is 44.7. The zero-order valence-corrected chi connectivity index (χ0v) is 33.3. The first-order valence-corrected chi connectivity index (χ1v) is 20.2. The summed E-state index contributed by atoms with van der Waals surface area (Å²) in [6.45, 7) is 3.66. The third kappa shape index (κ3) is 8.64. The number of alkyl halides is 8. The molecule has 1 fully saturated rings. The minimum atomic E-state index is -5.16. The molecule has 0 spiro atoms. The van der Waals surface area contributed by atoms with Gasteiger partial charge in [-0.1, -0.05) is 37.1 Å². The highest BCUT2D eigenvalue weighted by atomic mass is 35.5. The fourth-order valence-electron chi connectivity index (χ4n) is 7.88. The predicted molar refractivity (Wildman–Crippen MR) is 202 cm³/mol. The number of benzene rings is 2. The summed E-state index contributed by atoms with van der Waals surface area (Å²) in [6, 6.07) is 5.83. The van der Waals surface area contributed by atoms with Gasteiger partial charge in [0, 0.05) is 34.6 Å². The molecule has 0 unspecified atom stereocenters. The van der Waals surface area contributed by atoms with E-state index in [4.69, 9.17) is 11.6 Å². The summed E-state index contributed by atoms with van der Waals surface area (Å²) in [5, 5.41) is 9.24. The van der Waals surface area contributed by atoms with Gasteiger partial charge in [-0.2, -0.15) is 45.3 Å². The number of pyridine rings is 1. The summed E-state index contributed by atoms with van der Waals surface area (Å²) in [7, 11) is -4.16. The molecule has 2 aromatic carbocycles. The van der Waals surface area contributed by atoms with Crippen molar-refractivity contribution in [1.82, 2.24) is 29.9 Å². The van der Waals surface area contributed by atoms with Gasteiger partial charge >= 0.3 is 12.4 Å². The van der Waals surface area contributed by atoms with Crippen molar-refractivity contribution in [2.75, 3.05) is 11.0 Å². The molecular weight excluding hydrogens is 872 g/mol. The van der Waals surface area contributed by atoms with Gasteiger partial charge in [0.05, 0.1) is 33.9 Å². The Bertz CT molecular complexity index is 2810. The highest BCUT2D eigenvalue weighted by Gasteiger charge is 2.72. The van der Waals surface area contributed by atoms with E-state index in [9.17, 15) is 48.3 Å². The number of hydrogen-bond donors (Lipinski definition) is 2. The quantitative estimate of drug-likeness (QED) is 0.107. The highest BCUT2D eigenvalue weighted by Crippen LogP contribution is 2.71. The lowest BCUT2D eigenvalue weighted by Gasteiger charge is -2.23. The first-order valence-electron chi connectivity index (χ1n) is 18.0. The average Bonchev–Trinajstić information content (AvgIpc) is 3.33. The van der Waals surface area contributed by atoms with E-state index in [1.54, 1.807) is 6.92 Å². The SMILES string of the molecule is C=C(C)C#Cc1ccc(-c2ccc(Cl)c3c(NS(C)(=O)=O)nn(CC(F)(F)F)c23)c([C@H](Cc2cc(F)cc(F)c2)NC(=O)Cn2nc(C(F)(F)F)c3c2C(F)(F)[C@@H]2[C@H](C)[C@H]32)n1. The van der Waals surface area contributed by atoms with Crippen LogP contribution in [-0.4, -0.2) is 51.3 Å².